The molecule has 3 aliphatic rings. The molecule has 0 spiro atoms. The molecule has 3 saturated heterocycles. The van der Waals surface area contributed by atoms with Crippen LogP contribution in [0.1, 0.15) is 93.1 Å². The van der Waals surface area contributed by atoms with Crippen LogP contribution in [0.5, 0.6) is 0 Å². The summed E-state index contributed by atoms with van der Waals surface area (Å²) < 4.78 is 40.7. The van der Waals surface area contributed by atoms with E-state index in [0.29, 0.717) is 36.4 Å². The third-order valence-corrected chi connectivity index (χ3v) is 14.9. The molecule has 3 aliphatic heterocycles. The molecule has 16 heteroatoms. The summed E-state index contributed by atoms with van der Waals surface area (Å²) >= 11 is 6.15. The normalized spacial score (nSPS) is 34.0. The van der Waals surface area contributed by atoms with Crippen LogP contribution in [0, 0.1) is 23.7 Å². The molecule has 0 bridgehead atoms. The molecule has 0 aliphatic carbocycles. The minimum Gasteiger partial charge on any atom is -0.461 e. The molecule has 4 heterocycles. The number of aromatic nitrogens is 2. The molecule has 374 valence electrons. The van der Waals surface area contributed by atoms with E-state index in [2.05, 4.69) is 4.98 Å². The number of nitrogens with zero attached hydrogens (tertiary/aromatic N) is 4. The number of hydrogen-bond donors (Lipinski definition) is 1. The molecule has 3 aromatic rings. The van der Waals surface area contributed by atoms with E-state index in [1.807, 2.05) is 94.7 Å². The highest BCUT2D eigenvalue weighted by Crippen LogP contribution is 2.44. The molecule has 68 heavy (non-hydrogen) atoms. The van der Waals surface area contributed by atoms with Crippen LogP contribution in [0.3, 0.4) is 0 Å². The lowest BCUT2D eigenvalue weighted by Crippen LogP contribution is -2.61. The number of benzene rings is 2. The van der Waals surface area contributed by atoms with E-state index in [1.54, 1.807) is 56.3 Å². The van der Waals surface area contributed by atoms with E-state index in [1.165, 1.54) is 7.11 Å². The van der Waals surface area contributed by atoms with Gasteiger partial charge in [0.05, 0.1) is 48.2 Å². The number of aliphatic hydroxyl groups is 1. The zero-order chi connectivity index (χ0) is 49.7. The van der Waals surface area contributed by atoms with E-state index in [4.69, 9.17) is 40.0 Å². The van der Waals surface area contributed by atoms with E-state index in [9.17, 15) is 19.5 Å². The highest BCUT2D eigenvalue weighted by Gasteiger charge is 2.60. The molecule has 2 aromatic carbocycles. The number of aliphatic hydroxyl groups excluding tert-OH is 1. The molecule has 1 amide bonds. The van der Waals surface area contributed by atoms with Gasteiger partial charge in [-0.05, 0) is 91.6 Å². The van der Waals surface area contributed by atoms with Crippen molar-refractivity contribution in [2.24, 2.45) is 23.7 Å². The number of hydrogen-bond acceptors (Lipinski definition) is 13. The molecule has 14 atom stereocenters. The van der Waals surface area contributed by atoms with Crippen LogP contribution >= 0.6 is 11.6 Å². The summed E-state index contributed by atoms with van der Waals surface area (Å²) in [6, 6.07) is 15.6. The Morgan fingerprint density at radius 2 is 1.65 bits per heavy atom. The van der Waals surface area contributed by atoms with Crippen molar-refractivity contribution in [3.63, 3.8) is 0 Å². The van der Waals surface area contributed by atoms with Crippen LogP contribution in [0.2, 0.25) is 5.02 Å². The Balaban J connectivity index is 1.35. The molecule has 3 fully saturated rings. The number of imidazole rings is 1. The van der Waals surface area contributed by atoms with Gasteiger partial charge >= 0.3 is 18.0 Å². The van der Waals surface area contributed by atoms with Crippen LogP contribution in [-0.4, -0.2) is 136 Å². The molecular formula is C52H73ClN4O11. The van der Waals surface area contributed by atoms with Gasteiger partial charge in [-0.15, -0.1) is 0 Å². The minimum atomic E-state index is -1.44. The van der Waals surface area contributed by atoms with Gasteiger partial charge < -0.3 is 47.9 Å². The second kappa shape index (κ2) is 22.6. The predicted octanol–water partition coefficient (Wildman–Crippen LogP) is 7.77. The Kier molecular flexibility index (Phi) is 17.6. The zero-order valence-corrected chi connectivity index (χ0v) is 42.4. The third kappa shape index (κ3) is 11.8. The third-order valence-electron chi connectivity index (χ3n) is 14.6. The molecule has 6 rings (SSSR count). The van der Waals surface area contributed by atoms with Gasteiger partial charge in [0.15, 0.2) is 11.9 Å². The van der Waals surface area contributed by atoms with Gasteiger partial charge in [0.2, 0.25) is 0 Å². The molecule has 15 nitrogen and oxygen atoms in total. The number of carbonyl (C=O) groups excluding carboxylic acids is 4. The second-order valence-electron chi connectivity index (χ2n) is 19.9. The van der Waals surface area contributed by atoms with Crippen molar-refractivity contribution in [1.82, 2.24) is 19.4 Å². The Hall–Kier alpha value is -4.38. The van der Waals surface area contributed by atoms with Crippen molar-refractivity contribution >= 4 is 35.4 Å². The maximum Gasteiger partial charge on any atom is 0.410 e. The first kappa shape index (κ1) is 53.0. The number of halogens is 1. The standard InChI is InChI=1S/C52H73ClN4O11/c1-12-41-52(8)46(57(50(62)68-52)25-17-16-24-56-29-39(54-30-56)37-18-14-13-15-19-37)33(4)43(59)31(2)28-51(7,63-11)47(67-49-44(60)40(55(9)10)26-32(3)64-49)34(5)45(35(6)48(61)65-41)66-42(58)27-36-20-22-38(53)23-21-36/h13-15,18-23,29-35,40-41,44-47,49,60H,12,16-17,24-28H2,1-11H3/t31-,32-,33+,34+,35-,40+,41-,44-,45+,46-,47-,49+,51+,52-/m1/s1. The summed E-state index contributed by atoms with van der Waals surface area (Å²) in [5.74, 6) is -4.82. The monoisotopic (exact) mass is 964 g/mol. The minimum absolute atomic E-state index is 0.118. The fourth-order valence-electron chi connectivity index (χ4n) is 10.8. The van der Waals surface area contributed by atoms with Gasteiger partial charge in [0.25, 0.3) is 0 Å². The van der Waals surface area contributed by atoms with Gasteiger partial charge in [-0.2, -0.15) is 0 Å². The lowest BCUT2D eigenvalue weighted by atomic mass is 9.73. The second-order valence-corrected chi connectivity index (χ2v) is 20.4. The van der Waals surface area contributed by atoms with E-state index in [0.717, 1.165) is 11.3 Å². The number of unbranched alkanes of at least 4 members (excludes halogenated alkanes) is 1. The molecule has 1 N–H and O–H groups in total. The summed E-state index contributed by atoms with van der Waals surface area (Å²) in [6.07, 6.45) is -0.432. The van der Waals surface area contributed by atoms with Gasteiger partial charge in [-0.25, -0.2) is 9.78 Å². The van der Waals surface area contributed by atoms with Crippen molar-refractivity contribution in [2.75, 3.05) is 27.7 Å². The van der Waals surface area contributed by atoms with Crippen LogP contribution < -0.4 is 0 Å². The first-order valence-corrected chi connectivity index (χ1v) is 24.5. The quantitative estimate of drug-likeness (QED) is 0.0946. The van der Waals surface area contributed by atoms with Gasteiger partial charge in [0.1, 0.15) is 24.1 Å². The molecule has 0 unspecified atom stereocenters. The van der Waals surface area contributed by atoms with Crippen LogP contribution in [0.4, 0.5) is 4.79 Å². The molecule has 0 saturated carbocycles. The summed E-state index contributed by atoms with van der Waals surface area (Å²) in [5.41, 5.74) is -0.201. The van der Waals surface area contributed by atoms with Crippen molar-refractivity contribution < 1.29 is 52.7 Å². The Morgan fingerprint density at radius 3 is 2.29 bits per heavy atom. The summed E-state index contributed by atoms with van der Waals surface area (Å²) in [5, 5.41) is 12.3. The summed E-state index contributed by atoms with van der Waals surface area (Å²) in [7, 11) is 5.29. The first-order chi connectivity index (χ1) is 32.2. The number of cyclic esters (lactones) is 1. The van der Waals surface area contributed by atoms with Crippen molar-refractivity contribution in [1.29, 1.82) is 0 Å². The first-order valence-electron chi connectivity index (χ1n) is 24.2. The number of amides is 1. The highest BCUT2D eigenvalue weighted by atomic mass is 35.5. The van der Waals surface area contributed by atoms with Crippen LogP contribution in [0.15, 0.2) is 67.1 Å². The van der Waals surface area contributed by atoms with E-state index >= 15 is 4.79 Å². The number of esters is 2. The maximum atomic E-state index is 15.0. The summed E-state index contributed by atoms with van der Waals surface area (Å²) in [4.78, 5) is 66.1. The van der Waals surface area contributed by atoms with E-state index in [-0.39, 0.29) is 43.7 Å². The number of methoxy groups -OCH3 is 1. The number of rotatable bonds is 14. The highest BCUT2D eigenvalue weighted by molar-refractivity contribution is 6.30. The zero-order valence-electron chi connectivity index (χ0n) is 41.6. The average Bonchev–Trinajstić information content (AvgIpc) is 3.89. The Labute approximate surface area is 407 Å². The number of carbonyl (C=O) groups is 4. The lowest BCUT2D eigenvalue weighted by Gasteiger charge is -2.48. The Morgan fingerprint density at radius 1 is 0.971 bits per heavy atom. The molecule has 1 aromatic heterocycles. The van der Waals surface area contributed by atoms with Crippen molar-refractivity contribution in [2.45, 2.75) is 161 Å². The maximum absolute atomic E-state index is 15.0. The number of ketones is 1. The number of aryl methyl sites for hydroxylation is 1. The number of likely N-dealkylation sites (N-methyl/N-ethyl adjacent to an activating group) is 1. The van der Waals surface area contributed by atoms with Crippen molar-refractivity contribution in [3.8, 4) is 11.3 Å². The van der Waals surface area contributed by atoms with Gasteiger partial charge in [0, 0.05) is 60.8 Å². The number of Topliss-reactive ketones (excluding diaryl/α,β-unsaturated/α-hetero) is 1. The summed E-state index contributed by atoms with van der Waals surface area (Å²) in [6.45, 7) is 15.3. The molecular weight excluding hydrogens is 892 g/mol. The SMILES string of the molecule is CC[C@H]1OC(=O)[C@H](C)[C@@H](OC(=O)Cc2ccc(Cl)cc2)[C@H](C)[C@@H](O[C@@H]2O[C@H](C)C[C@H](N(C)C)[C@H]2O)[C@@](C)(OC)C[C@@H](C)C(=O)[C@H](C)[C@H]2N(CCCCn3cnc(-c4ccccc4)c3)C(=O)O[C@]12C. The number of ether oxygens (including phenoxy) is 6. The number of fused-ring (bicyclic) bond motifs is 1. The van der Waals surface area contributed by atoms with Crippen molar-refractivity contribution in [3.05, 3.63) is 77.7 Å². The van der Waals surface area contributed by atoms with Gasteiger partial charge in [-0.1, -0.05) is 81.8 Å². The van der Waals surface area contributed by atoms with Crippen LogP contribution in [0.25, 0.3) is 11.3 Å². The van der Waals surface area contributed by atoms with E-state index < -0.39 is 89.7 Å². The topological polar surface area (TPSA) is 168 Å². The largest absolute Gasteiger partial charge is 0.461 e. The lowest BCUT2D eigenvalue weighted by molar-refractivity contribution is -0.301. The predicted molar refractivity (Wildman–Crippen MR) is 256 cm³/mol. The van der Waals surface area contributed by atoms with Crippen LogP contribution in [-0.2, 0) is 55.8 Å². The average molecular weight is 966 g/mol. The van der Waals surface area contributed by atoms with Gasteiger partial charge in [-0.3, -0.25) is 14.4 Å². The fraction of sp³-hybridized carbons (Fsp3) is 0.635. The smallest absolute Gasteiger partial charge is 0.410 e. The molecule has 0 radical (unpaired) electrons. The Bertz CT molecular complexity index is 2170. The fourth-order valence-corrected chi connectivity index (χ4v) is 11.0.